The fourth-order valence-corrected chi connectivity index (χ4v) is 3.93. The summed E-state index contributed by atoms with van der Waals surface area (Å²) in [6.07, 6.45) is -3.94. The van der Waals surface area contributed by atoms with Crippen LogP contribution in [0.1, 0.15) is 45.3 Å². The third-order valence-corrected chi connectivity index (χ3v) is 5.65. The summed E-state index contributed by atoms with van der Waals surface area (Å²) in [5.41, 5.74) is 2.29. The van der Waals surface area contributed by atoms with Gasteiger partial charge in [0.15, 0.2) is 0 Å². The number of nitrogens with one attached hydrogen (secondary N) is 1. The highest BCUT2D eigenvalue weighted by Crippen LogP contribution is 2.28. The highest BCUT2D eigenvalue weighted by atomic mass is 19.4. The number of halogens is 3. The summed E-state index contributed by atoms with van der Waals surface area (Å²) in [7, 11) is 0. The Kier molecular flexibility index (Phi) is 7.07. The van der Waals surface area contributed by atoms with Crippen molar-refractivity contribution >= 4 is 23.2 Å². The highest BCUT2D eigenvalue weighted by Gasteiger charge is 2.35. The van der Waals surface area contributed by atoms with Crippen molar-refractivity contribution in [2.24, 2.45) is 0 Å². The Morgan fingerprint density at radius 2 is 2.00 bits per heavy atom. The average Bonchev–Trinajstić information content (AvgIpc) is 3.26. The van der Waals surface area contributed by atoms with Crippen molar-refractivity contribution in [1.29, 1.82) is 5.26 Å². The van der Waals surface area contributed by atoms with Gasteiger partial charge in [-0.2, -0.15) is 23.5 Å². The number of anilines is 2. The van der Waals surface area contributed by atoms with Crippen LogP contribution in [0.25, 0.3) is 0 Å². The minimum Gasteiger partial charge on any atom is -0.376 e. The third kappa shape index (κ3) is 5.55. The van der Waals surface area contributed by atoms with E-state index < -0.39 is 31.0 Å². The van der Waals surface area contributed by atoms with E-state index in [-0.39, 0.29) is 23.9 Å². The van der Waals surface area contributed by atoms with Crippen molar-refractivity contribution in [3.8, 4) is 6.07 Å². The molecule has 8 nitrogen and oxygen atoms in total. The van der Waals surface area contributed by atoms with Gasteiger partial charge in [0.25, 0.3) is 11.8 Å². The van der Waals surface area contributed by atoms with Gasteiger partial charge in [0, 0.05) is 11.4 Å². The lowest BCUT2D eigenvalue weighted by Crippen LogP contribution is -2.47. The van der Waals surface area contributed by atoms with Crippen LogP contribution in [0.5, 0.6) is 0 Å². The molecule has 0 saturated carbocycles. The monoisotopic (exact) mass is 497 g/mol. The van der Waals surface area contributed by atoms with Crippen molar-refractivity contribution < 1.29 is 27.5 Å². The van der Waals surface area contributed by atoms with Gasteiger partial charge in [0.05, 0.1) is 55.6 Å². The van der Waals surface area contributed by atoms with Crippen molar-refractivity contribution in [1.82, 2.24) is 9.78 Å². The predicted molar refractivity (Wildman–Crippen MR) is 124 cm³/mol. The van der Waals surface area contributed by atoms with Gasteiger partial charge in [-0.15, -0.1) is 0 Å². The van der Waals surface area contributed by atoms with Crippen molar-refractivity contribution in [2.45, 2.75) is 38.7 Å². The van der Waals surface area contributed by atoms with Gasteiger partial charge in [-0.25, -0.2) is 0 Å². The predicted octanol–water partition coefficient (Wildman–Crippen LogP) is 4.52. The molecule has 0 saturated heterocycles. The van der Waals surface area contributed by atoms with E-state index >= 15 is 0 Å². The minimum atomic E-state index is -4.27. The first kappa shape index (κ1) is 24.9. The van der Waals surface area contributed by atoms with Gasteiger partial charge in [0.1, 0.15) is 5.69 Å². The number of carbonyl (C=O) groups is 2. The Labute approximate surface area is 204 Å². The summed E-state index contributed by atoms with van der Waals surface area (Å²) < 4.78 is 43.3. The number of nitriles is 1. The average molecular weight is 497 g/mol. The molecule has 3 aromatic rings. The third-order valence-electron chi connectivity index (χ3n) is 5.65. The number of carbonyl (C=O) groups excluding carboxylic acids is 2. The molecule has 2 heterocycles. The van der Waals surface area contributed by atoms with E-state index in [9.17, 15) is 22.8 Å². The molecule has 36 heavy (non-hydrogen) atoms. The first-order valence-electron chi connectivity index (χ1n) is 11.1. The number of alkyl halides is 3. The second-order valence-electron chi connectivity index (χ2n) is 8.34. The van der Waals surface area contributed by atoms with E-state index in [1.165, 1.54) is 16.9 Å². The van der Waals surface area contributed by atoms with Crippen LogP contribution in [0.2, 0.25) is 0 Å². The van der Waals surface area contributed by atoms with Crippen molar-refractivity contribution in [3.63, 3.8) is 0 Å². The van der Waals surface area contributed by atoms with Crippen LogP contribution >= 0.6 is 0 Å². The zero-order valence-electron chi connectivity index (χ0n) is 19.2. The summed E-state index contributed by atoms with van der Waals surface area (Å²) in [6, 6.07) is 14.9. The van der Waals surface area contributed by atoms with Gasteiger partial charge in [0.2, 0.25) is 0 Å². The van der Waals surface area contributed by atoms with Crippen molar-refractivity contribution in [2.75, 3.05) is 16.8 Å². The van der Waals surface area contributed by atoms with Crippen LogP contribution in [0.4, 0.5) is 24.5 Å². The molecular weight excluding hydrogens is 475 g/mol. The van der Waals surface area contributed by atoms with E-state index in [0.29, 0.717) is 29.0 Å². The lowest BCUT2D eigenvalue weighted by Gasteiger charge is -2.34. The number of aromatic nitrogens is 2. The van der Waals surface area contributed by atoms with Gasteiger partial charge < -0.3 is 15.0 Å². The summed E-state index contributed by atoms with van der Waals surface area (Å²) in [4.78, 5) is 28.0. The number of amides is 2. The van der Waals surface area contributed by atoms with E-state index in [4.69, 9.17) is 10.00 Å². The van der Waals surface area contributed by atoms with Gasteiger partial charge in [-0.3, -0.25) is 14.3 Å². The molecule has 0 fully saturated rings. The smallest absolute Gasteiger partial charge is 0.376 e. The fourth-order valence-electron chi connectivity index (χ4n) is 3.93. The molecule has 2 amide bonds. The summed E-state index contributed by atoms with van der Waals surface area (Å²) >= 11 is 0. The lowest BCUT2D eigenvalue weighted by atomic mass is 10.1. The Morgan fingerprint density at radius 1 is 1.25 bits per heavy atom. The maximum Gasteiger partial charge on any atom is 0.391 e. The highest BCUT2D eigenvalue weighted by molar-refractivity contribution is 6.15. The van der Waals surface area contributed by atoms with E-state index in [0.717, 1.165) is 0 Å². The van der Waals surface area contributed by atoms with E-state index in [2.05, 4.69) is 10.4 Å². The molecule has 0 spiro atoms. The molecule has 0 radical (unpaired) electrons. The zero-order valence-corrected chi connectivity index (χ0v) is 19.2. The van der Waals surface area contributed by atoms with Gasteiger partial charge >= 0.3 is 6.18 Å². The van der Waals surface area contributed by atoms with Crippen LogP contribution in [-0.2, 0) is 17.9 Å². The SMILES string of the molecule is CC1Cn2ncc(C(=O)Nc3cccc(C#N)c3)c2C(=O)N1c1ccc(COCCC(F)(F)F)cc1. The maximum atomic E-state index is 13.5. The number of ether oxygens (including phenoxy) is 1. The summed E-state index contributed by atoms with van der Waals surface area (Å²) in [6.45, 7) is 1.80. The molecule has 11 heteroatoms. The van der Waals surface area contributed by atoms with E-state index in [1.54, 1.807) is 47.4 Å². The van der Waals surface area contributed by atoms with Gasteiger partial charge in [-0.1, -0.05) is 18.2 Å². The molecule has 1 aliphatic rings. The molecule has 186 valence electrons. The van der Waals surface area contributed by atoms with Crippen molar-refractivity contribution in [3.05, 3.63) is 77.1 Å². The maximum absolute atomic E-state index is 13.5. The normalized spacial score (nSPS) is 15.4. The molecule has 4 rings (SSSR count). The van der Waals surface area contributed by atoms with Gasteiger partial charge in [-0.05, 0) is 42.8 Å². The number of hydrogen-bond acceptors (Lipinski definition) is 5. The van der Waals surface area contributed by atoms with Crippen LogP contribution in [0, 0.1) is 11.3 Å². The number of rotatable bonds is 7. The number of hydrogen-bond donors (Lipinski definition) is 1. The summed E-state index contributed by atoms with van der Waals surface area (Å²) in [5.74, 6) is -0.933. The molecule has 1 aromatic heterocycles. The molecule has 0 bridgehead atoms. The van der Waals surface area contributed by atoms with Crippen LogP contribution in [0.15, 0.2) is 54.7 Å². The molecule has 2 aromatic carbocycles. The quantitative estimate of drug-likeness (QED) is 0.484. The topological polar surface area (TPSA) is 100 Å². The number of benzene rings is 2. The first-order chi connectivity index (χ1) is 17.2. The Hall–Kier alpha value is -4.17. The molecule has 1 aliphatic heterocycles. The van der Waals surface area contributed by atoms with Crippen LogP contribution in [-0.4, -0.2) is 40.4 Å². The summed E-state index contributed by atoms with van der Waals surface area (Å²) in [5, 5.41) is 16.0. The fraction of sp³-hybridized carbons (Fsp3) is 0.280. The molecule has 0 aliphatic carbocycles. The second kappa shape index (κ2) is 10.2. The molecular formula is C25H22F3N5O3. The molecule has 1 N–H and O–H groups in total. The lowest BCUT2D eigenvalue weighted by molar-refractivity contribution is -0.146. The Balaban J connectivity index is 1.49. The standard InChI is InChI=1S/C25H22F3N5O3/c1-16-14-32-22(21(13-30-32)23(34)31-19-4-2-3-18(11-19)12-29)24(35)33(16)20-7-5-17(6-8-20)15-36-10-9-25(26,27)28/h2-8,11,13,16H,9-10,14-15H2,1H3,(H,31,34). The number of fused-ring (bicyclic) bond motifs is 1. The van der Waals surface area contributed by atoms with E-state index in [1.807, 2.05) is 13.0 Å². The van der Waals surface area contributed by atoms with Crippen LogP contribution in [0.3, 0.4) is 0 Å². The second-order valence-corrected chi connectivity index (χ2v) is 8.34. The molecule has 1 unspecified atom stereocenters. The largest absolute Gasteiger partial charge is 0.391 e. The number of nitrogens with zero attached hydrogens (tertiary/aromatic N) is 4. The Morgan fingerprint density at radius 3 is 2.69 bits per heavy atom. The molecule has 1 atom stereocenters. The zero-order chi connectivity index (χ0) is 25.9. The van der Waals surface area contributed by atoms with Crippen LogP contribution < -0.4 is 10.2 Å². The minimum absolute atomic E-state index is 0.0178. The Bertz CT molecular complexity index is 1310. The first-order valence-corrected chi connectivity index (χ1v) is 11.1.